The minimum Gasteiger partial charge on any atom is -0.496 e. The molecule has 6 nitrogen and oxygen atoms in total. The van der Waals surface area contributed by atoms with Crippen LogP contribution in [-0.2, 0) is 16.0 Å². The number of methoxy groups -OCH3 is 2. The molecule has 0 aliphatic heterocycles. The van der Waals surface area contributed by atoms with Crippen LogP contribution in [0.2, 0.25) is 0 Å². The molecule has 0 unspecified atom stereocenters. The maximum atomic E-state index is 12.0. The lowest BCUT2D eigenvalue weighted by molar-refractivity contribution is -0.135. The number of rotatable bonds is 8. The van der Waals surface area contributed by atoms with Gasteiger partial charge < -0.3 is 13.9 Å². The number of fused-ring (bicyclic) bond motifs is 1. The van der Waals surface area contributed by atoms with E-state index in [9.17, 15) is 4.79 Å². The largest absolute Gasteiger partial charge is 0.496 e. The predicted molar refractivity (Wildman–Crippen MR) is 118 cm³/mol. The molecule has 0 bridgehead atoms. The van der Waals surface area contributed by atoms with Crippen LogP contribution in [-0.4, -0.2) is 31.4 Å². The second kappa shape index (κ2) is 9.69. The van der Waals surface area contributed by atoms with Crippen LogP contribution in [0.3, 0.4) is 0 Å². The minimum atomic E-state index is -0.455. The van der Waals surface area contributed by atoms with Gasteiger partial charge >= 0.3 is 5.97 Å². The normalized spacial score (nSPS) is 11.8. The van der Waals surface area contributed by atoms with Crippen LogP contribution >= 0.6 is 0 Å². The van der Waals surface area contributed by atoms with Crippen LogP contribution in [0.25, 0.3) is 22.6 Å². The van der Waals surface area contributed by atoms with E-state index in [1.54, 1.807) is 20.2 Å². The number of benzene rings is 2. The molecule has 0 N–H and O–H groups in total. The van der Waals surface area contributed by atoms with Gasteiger partial charge in [-0.05, 0) is 55.2 Å². The number of nitrogens with zero attached hydrogens (tertiary/aromatic N) is 2. The summed E-state index contributed by atoms with van der Waals surface area (Å²) in [6.07, 6.45) is 4.27. The molecule has 0 saturated carbocycles. The third-order valence-electron chi connectivity index (χ3n) is 4.66. The van der Waals surface area contributed by atoms with Gasteiger partial charge in [-0.3, -0.25) is 4.99 Å². The van der Waals surface area contributed by atoms with Gasteiger partial charge in [0.15, 0.2) is 5.58 Å². The molecule has 3 rings (SSSR count). The highest BCUT2D eigenvalue weighted by Gasteiger charge is 2.15. The lowest BCUT2D eigenvalue weighted by Gasteiger charge is -2.12. The summed E-state index contributed by atoms with van der Waals surface area (Å²) >= 11 is 0. The highest BCUT2D eigenvalue weighted by Crippen LogP contribution is 2.30. The maximum Gasteiger partial charge on any atom is 0.339 e. The fraction of sp³-hybridized carbons (Fsp3) is 0.208. The Morgan fingerprint density at radius 3 is 2.73 bits per heavy atom. The SMILES string of the molecule is C=C(CCc1ccc(-c2nc3ccccc3o2)cc1OC)/C(=C\N=CC)C(=O)OC. The van der Waals surface area contributed by atoms with Gasteiger partial charge in [0.1, 0.15) is 11.3 Å². The monoisotopic (exact) mass is 404 g/mol. The molecule has 0 aliphatic rings. The molecule has 2 aromatic carbocycles. The molecule has 0 fully saturated rings. The van der Waals surface area contributed by atoms with Crippen LogP contribution < -0.4 is 4.74 Å². The van der Waals surface area contributed by atoms with Crippen molar-refractivity contribution in [1.29, 1.82) is 0 Å². The molecule has 0 amide bonds. The third kappa shape index (κ3) is 4.66. The number of carbonyl (C=O) groups excluding carboxylic acids is 1. The number of aromatic nitrogens is 1. The first-order valence-corrected chi connectivity index (χ1v) is 9.54. The maximum absolute atomic E-state index is 12.0. The summed E-state index contributed by atoms with van der Waals surface area (Å²) in [6.45, 7) is 5.80. The van der Waals surface area contributed by atoms with Gasteiger partial charge in [0, 0.05) is 18.0 Å². The molecule has 154 valence electrons. The zero-order chi connectivity index (χ0) is 21.5. The summed E-state index contributed by atoms with van der Waals surface area (Å²) in [4.78, 5) is 20.6. The molecule has 0 radical (unpaired) electrons. The van der Waals surface area contributed by atoms with Crippen LogP contribution in [0.1, 0.15) is 18.9 Å². The minimum absolute atomic E-state index is 0.359. The van der Waals surface area contributed by atoms with Crippen molar-refractivity contribution in [1.82, 2.24) is 4.98 Å². The number of hydrogen-bond acceptors (Lipinski definition) is 6. The van der Waals surface area contributed by atoms with Crippen molar-refractivity contribution in [3.8, 4) is 17.2 Å². The molecule has 0 aliphatic carbocycles. The molecular formula is C24H24N2O4. The molecule has 1 heterocycles. The van der Waals surface area contributed by atoms with Crippen LogP contribution in [0.4, 0.5) is 0 Å². The quantitative estimate of drug-likeness (QED) is 0.225. The first kappa shape index (κ1) is 21.0. The highest BCUT2D eigenvalue weighted by atomic mass is 16.5. The van der Waals surface area contributed by atoms with E-state index in [1.807, 2.05) is 42.5 Å². The number of carbonyl (C=O) groups is 1. The zero-order valence-corrected chi connectivity index (χ0v) is 17.3. The van der Waals surface area contributed by atoms with Crippen LogP contribution in [0.15, 0.2) is 75.8 Å². The number of oxazole rings is 1. The van der Waals surface area contributed by atoms with Gasteiger partial charge in [0.05, 0.1) is 19.8 Å². The summed E-state index contributed by atoms with van der Waals surface area (Å²) in [5.41, 5.74) is 4.38. The summed E-state index contributed by atoms with van der Waals surface area (Å²) in [6, 6.07) is 13.5. The standard InChI is InChI=1S/C24H24N2O4/c1-5-25-15-19(24(27)29-4)16(2)10-11-17-12-13-18(14-22(17)28-3)23-26-20-8-6-7-9-21(20)30-23/h5-9,12-15H,2,10-11H2,1,3-4H3/b19-15+,25-5?. The number of hydrogen-bond donors (Lipinski definition) is 0. The molecule has 3 aromatic rings. The molecule has 1 aromatic heterocycles. The summed E-state index contributed by atoms with van der Waals surface area (Å²) in [5, 5.41) is 0. The van der Waals surface area contributed by atoms with E-state index in [2.05, 4.69) is 16.6 Å². The van der Waals surface area contributed by atoms with Crippen LogP contribution in [0, 0.1) is 0 Å². The highest BCUT2D eigenvalue weighted by molar-refractivity contribution is 5.93. The van der Waals surface area contributed by atoms with Gasteiger partial charge in [0.2, 0.25) is 5.89 Å². The number of esters is 1. The number of ether oxygens (including phenoxy) is 2. The molecule has 0 spiro atoms. The molecule has 30 heavy (non-hydrogen) atoms. The first-order valence-electron chi connectivity index (χ1n) is 9.54. The second-order valence-electron chi connectivity index (χ2n) is 6.56. The molecule has 0 saturated heterocycles. The van der Waals surface area contributed by atoms with Crippen molar-refractivity contribution in [2.75, 3.05) is 14.2 Å². The Labute approximate surface area is 175 Å². The summed E-state index contributed by atoms with van der Waals surface area (Å²) in [7, 11) is 2.96. The van der Waals surface area contributed by atoms with E-state index in [0.29, 0.717) is 29.9 Å². The van der Waals surface area contributed by atoms with Crippen LogP contribution in [0.5, 0.6) is 5.75 Å². The fourth-order valence-corrected chi connectivity index (χ4v) is 3.05. The van der Waals surface area contributed by atoms with Crippen molar-refractivity contribution in [3.63, 3.8) is 0 Å². The Kier molecular flexibility index (Phi) is 6.80. The van der Waals surface area contributed by atoms with E-state index >= 15 is 0 Å². The Bertz CT molecular complexity index is 1090. The Hall–Kier alpha value is -3.67. The lowest BCUT2D eigenvalue weighted by atomic mass is 9.99. The van der Waals surface area contributed by atoms with E-state index in [4.69, 9.17) is 13.9 Å². The smallest absolute Gasteiger partial charge is 0.339 e. The number of aliphatic imine (C=N–C) groups is 1. The van der Waals surface area contributed by atoms with E-state index < -0.39 is 5.97 Å². The average Bonchev–Trinajstić information content (AvgIpc) is 3.21. The number of para-hydroxylation sites is 2. The third-order valence-corrected chi connectivity index (χ3v) is 4.66. The van der Waals surface area contributed by atoms with Gasteiger partial charge in [-0.2, -0.15) is 0 Å². The van der Waals surface area contributed by atoms with E-state index in [-0.39, 0.29) is 0 Å². The Morgan fingerprint density at radius 1 is 1.23 bits per heavy atom. The van der Waals surface area contributed by atoms with E-state index in [1.165, 1.54) is 13.3 Å². The Balaban J connectivity index is 1.79. The van der Waals surface area contributed by atoms with Crippen molar-refractivity contribution < 1.29 is 18.7 Å². The van der Waals surface area contributed by atoms with Gasteiger partial charge in [0.25, 0.3) is 0 Å². The van der Waals surface area contributed by atoms with Crippen molar-refractivity contribution in [2.45, 2.75) is 19.8 Å². The van der Waals surface area contributed by atoms with Crippen molar-refractivity contribution >= 4 is 23.3 Å². The first-order chi connectivity index (χ1) is 14.6. The predicted octanol–water partition coefficient (Wildman–Crippen LogP) is 5.14. The second-order valence-corrected chi connectivity index (χ2v) is 6.56. The van der Waals surface area contributed by atoms with Crippen molar-refractivity contribution in [3.05, 3.63) is 72.0 Å². The molecular weight excluding hydrogens is 380 g/mol. The fourth-order valence-electron chi connectivity index (χ4n) is 3.05. The Morgan fingerprint density at radius 2 is 2.03 bits per heavy atom. The lowest BCUT2D eigenvalue weighted by Crippen LogP contribution is -2.07. The topological polar surface area (TPSA) is 73.9 Å². The molecule has 6 heteroatoms. The zero-order valence-electron chi connectivity index (χ0n) is 17.3. The van der Waals surface area contributed by atoms with Gasteiger partial charge in [-0.15, -0.1) is 0 Å². The van der Waals surface area contributed by atoms with Gasteiger partial charge in [-0.25, -0.2) is 9.78 Å². The summed E-state index contributed by atoms with van der Waals surface area (Å²) < 4.78 is 16.3. The average molecular weight is 404 g/mol. The van der Waals surface area contributed by atoms with Crippen molar-refractivity contribution in [2.24, 2.45) is 4.99 Å². The molecule has 0 atom stereocenters. The van der Waals surface area contributed by atoms with E-state index in [0.717, 1.165) is 28.0 Å². The van der Waals surface area contributed by atoms with Gasteiger partial charge in [-0.1, -0.05) is 24.8 Å². The number of aryl methyl sites for hydroxylation is 1. The summed E-state index contributed by atoms with van der Waals surface area (Å²) in [5.74, 6) is 0.806.